The highest BCUT2D eigenvalue weighted by Gasteiger charge is 2.13. The second-order valence-electron chi connectivity index (χ2n) is 6.62. The molecule has 0 aliphatic rings. The van der Waals surface area contributed by atoms with Gasteiger partial charge in [0, 0.05) is 8.95 Å². The second-order valence-corrected chi connectivity index (χ2v) is 8.46. The first-order valence-corrected chi connectivity index (χ1v) is 10.2. The van der Waals surface area contributed by atoms with Crippen LogP contribution < -0.4 is 0 Å². The van der Waals surface area contributed by atoms with Gasteiger partial charge in [0.15, 0.2) is 0 Å². The van der Waals surface area contributed by atoms with Gasteiger partial charge in [0.05, 0.1) is 0 Å². The first-order chi connectivity index (χ1) is 12.5. The molecule has 0 saturated carbocycles. The van der Waals surface area contributed by atoms with Crippen molar-refractivity contribution in [1.82, 2.24) is 0 Å². The van der Waals surface area contributed by atoms with Gasteiger partial charge in [-0.05, 0) is 82.3 Å². The molecule has 0 radical (unpaired) electrons. The van der Waals surface area contributed by atoms with Crippen molar-refractivity contribution in [3.63, 3.8) is 0 Å². The maximum absolute atomic E-state index is 3.54. The van der Waals surface area contributed by atoms with Gasteiger partial charge in [-0.3, -0.25) is 0 Å². The van der Waals surface area contributed by atoms with Crippen LogP contribution in [0.15, 0.2) is 81.7 Å². The number of aryl methyl sites for hydroxylation is 2. The van der Waals surface area contributed by atoms with Crippen LogP contribution in [0.25, 0.3) is 33.0 Å². The molecule has 26 heavy (non-hydrogen) atoms. The molecular formula is C24H18Br2. The van der Waals surface area contributed by atoms with E-state index < -0.39 is 0 Å². The van der Waals surface area contributed by atoms with E-state index in [0.29, 0.717) is 0 Å². The van der Waals surface area contributed by atoms with Crippen LogP contribution in [0.4, 0.5) is 0 Å². The van der Waals surface area contributed by atoms with Gasteiger partial charge in [0.25, 0.3) is 0 Å². The summed E-state index contributed by atoms with van der Waals surface area (Å²) in [6, 6.07) is 26.2. The monoisotopic (exact) mass is 464 g/mol. The van der Waals surface area contributed by atoms with Crippen molar-refractivity contribution in [3.05, 3.63) is 92.9 Å². The van der Waals surface area contributed by atoms with Crippen molar-refractivity contribution in [1.29, 1.82) is 0 Å². The number of rotatable bonds is 2. The van der Waals surface area contributed by atoms with Crippen molar-refractivity contribution in [3.8, 4) is 22.3 Å². The largest absolute Gasteiger partial charge is 0.0580 e. The topological polar surface area (TPSA) is 0 Å². The lowest BCUT2D eigenvalue weighted by Crippen LogP contribution is -1.91. The fourth-order valence-corrected chi connectivity index (χ4v) is 4.15. The van der Waals surface area contributed by atoms with Gasteiger partial charge >= 0.3 is 0 Å². The molecule has 4 rings (SSSR count). The highest BCUT2D eigenvalue weighted by atomic mass is 79.9. The minimum Gasteiger partial charge on any atom is -0.0580 e. The molecule has 0 saturated heterocycles. The van der Waals surface area contributed by atoms with Gasteiger partial charge in [-0.25, -0.2) is 0 Å². The number of benzene rings is 4. The second kappa shape index (κ2) is 7.02. The van der Waals surface area contributed by atoms with Gasteiger partial charge in [-0.2, -0.15) is 0 Å². The molecule has 0 heterocycles. The Kier molecular flexibility index (Phi) is 4.73. The van der Waals surface area contributed by atoms with E-state index in [4.69, 9.17) is 0 Å². The molecule has 4 aromatic carbocycles. The van der Waals surface area contributed by atoms with Crippen LogP contribution in [0.2, 0.25) is 0 Å². The Labute approximate surface area is 171 Å². The molecule has 0 N–H and O–H groups in total. The lowest BCUT2D eigenvalue weighted by atomic mass is 9.88. The predicted molar refractivity (Wildman–Crippen MR) is 120 cm³/mol. The van der Waals surface area contributed by atoms with E-state index in [2.05, 4.69) is 119 Å². The summed E-state index contributed by atoms with van der Waals surface area (Å²) in [5, 5.41) is 2.60. The van der Waals surface area contributed by atoms with Crippen LogP contribution in [-0.4, -0.2) is 0 Å². The average Bonchev–Trinajstić information content (AvgIpc) is 2.64. The molecule has 0 aliphatic heterocycles. The Morgan fingerprint density at radius 2 is 0.808 bits per heavy atom. The third-order valence-corrected chi connectivity index (χ3v) is 5.94. The molecule has 0 unspecified atom stereocenters. The van der Waals surface area contributed by atoms with Gasteiger partial charge < -0.3 is 0 Å². The quantitative estimate of drug-likeness (QED) is 0.279. The van der Waals surface area contributed by atoms with Gasteiger partial charge in [0.1, 0.15) is 0 Å². The highest BCUT2D eigenvalue weighted by Crippen LogP contribution is 2.39. The van der Waals surface area contributed by atoms with Crippen molar-refractivity contribution >= 4 is 42.6 Å². The molecule has 128 valence electrons. The molecular weight excluding hydrogens is 448 g/mol. The first-order valence-electron chi connectivity index (χ1n) is 8.59. The van der Waals surface area contributed by atoms with Gasteiger partial charge in [0.2, 0.25) is 0 Å². The molecule has 2 heteroatoms. The minimum absolute atomic E-state index is 1.10. The summed E-state index contributed by atoms with van der Waals surface area (Å²) in [4.78, 5) is 0. The minimum atomic E-state index is 1.10. The number of fused-ring (bicyclic) bond motifs is 1. The molecule has 0 aliphatic carbocycles. The predicted octanol–water partition coefficient (Wildman–Crippen LogP) is 8.32. The van der Waals surface area contributed by atoms with Crippen molar-refractivity contribution in [2.24, 2.45) is 0 Å². The van der Waals surface area contributed by atoms with Gasteiger partial charge in [-0.1, -0.05) is 80.4 Å². The Morgan fingerprint density at radius 3 is 1.15 bits per heavy atom. The summed E-state index contributed by atoms with van der Waals surface area (Å²) in [5.41, 5.74) is 7.72. The number of halogens is 2. The average molecular weight is 466 g/mol. The molecule has 0 bridgehead atoms. The fraction of sp³-hybridized carbons (Fsp3) is 0.0833. The number of hydrogen-bond donors (Lipinski definition) is 0. The Hall–Kier alpha value is -1.90. The summed E-state index contributed by atoms with van der Waals surface area (Å²) in [5.74, 6) is 0. The standard InChI is InChI=1S/C24H18Br2/c1-15-3-13-22-21(23(15)17-5-9-19(25)10-6-17)14-4-16(2)24(22)18-7-11-20(26)12-8-18/h3-14H,1-2H3. The normalized spacial score (nSPS) is 11.1. The Morgan fingerprint density at radius 1 is 0.462 bits per heavy atom. The van der Waals surface area contributed by atoms with E-state index in [1.54, 1.807) is 0 Å². The van der Waals surface area contributed by atoms with E-state index in [1.165, 1.54) is 44.2 Å². The van der Waals surface area contributed by atoms with Crippen LogP contribution in [0.1, 0.15) is 11.1 Å². The van der Waals surface area contributed by atoms with E-state index in [1.807, 2.05) is 0 Å². The molecule has 0 amide bonds. The molecule has 4 aromatic rings. The zero-order valence-electron chi connectivity index (χ0n) is 14.7. The lowest BCUT2D eigenvalue weighted by Gasteiger charge is -2.16. The maximum Gasteiger partial charge on any atom is 0.0175 e. The maximum atomic E-state index is 3.54. The first kappa shape index (κ1) is 17.5. The van der Waals surface area contributed by atoms with Crippen LogP contribution in [-0.2, 0) is 0 Å². The Bertz CT molecular complexity index is 1000. The third-order valence-electron chi connectivity index (χ3n) is 4.88. The van der Waals surface area contributed by atoms with Crippen LogP contribution in [0, 0.1) is 13.8 Å². The van der Waals surface area contributed by atoms with Crippen LogP contribution >= 0.6 is 31.9 Å². The summed E-state index contributed by atoms with van der Waals surface area (Å²) in [7, 11) is 0. The molecule has 0 atom stereocenters. The van der Waals surface area contributed by atoms with Gasteiger partial charge in [-0.15, -0.1) is 0 Å². The zero-order valence-corrected chi connectivity index (χ0v) is 17.9. The summed E-state index contributed by atoms with van der Waals surface area (Å²) in [6.07, 6.45) is 0. The number of hydrogen-bond acceptors (Lipinski definition) is 0. The zero-order chi connectivity index (χ0) is 18.3. The van der Waals surface area contributed by atoms with Crippen molar-refractivity contribution in [2.45, 2.75) is 13.8 Å². The van der Waals surface area contributed by atoms with Crippen LogP contribution in [0.3, 0.4) is 0 Å². The van der Waals surface area contributed by atoms with E-state index in [0.717, 1.165) is 8.95 Å². The van der Waals surface area contributed by atoms with E-state index in [9.17, 15) is 0 Å². The summed E-state index contributed by atoms with van der Waals surface area (Å²) >= 11 is 7.08. The molecule has 0 spiro atoms. The summed E-state index contributed by atoms with van der Waals surface area (Å²) < 4.78 is 2.20. The summed E-state index contributed by atoms with van der Waals surface area (Å²) in [6.45, 7) is 4.38. The van der Waals surface area contributed by atoms with Crippen molar-refractivity contribution < 1.29 is 0 Å². The lowest BCUT2D eigenvalue weighted by molar-refractivity contribution is 1.45. The Balaban J connectivity index is 2.04. The molecule has 0 nitrogen and oxygen atoms in total. The fourth-order valence-electron chi connectivity index (χ4n) is 3.62. The van der Waals surface area contributed by atoms with E-state index >= 15 is 0 Å². The third kappa shape index (κ3) is 3.13. The SMILES string of the molecule is Cc1ccc2c(-c3ccc(Br)cc3)c(C)ccc2c1-c1ccc(Br)cc1. The highest BCUT2D eigenvalue weighted by molar-refractivity contribution is 9.10. The van der Waals surface area contributed by atoms with E-state index in [-0.39, 0.29) is 0 Å². The molecule has 0 fully saturated rings. The smallest absolute Gasteiger partial charge is 0.0175 e. The van der Waals surface area contributed by atoms with Crippen LogP contribution in [0.5, 0.6) is 0 Å². The molecule has 0 aromatic heterocycles. The van der Waals surface area contributed by atoms with Crippen molar-refractivity contribution in [2.75, 3.05) is 0 Å².